The lowest BCUT2D eigenvalue weighted by Gasteiger charge is -2.06. The molecule has 1 aromatic heterocycles. The van der Waals surface area contributed by atoms with Gasteiger partial charge in [-0.1, -0.05) is 11.6 Å². The zero-order valence-electron chi connectivity index (χ0n) is 9.54. The first-order valence-electron chi connectivity index (χ1n) is 5.37. The molecule has 0 radical (unpaired) electrons. The number of nitrogens with two attached hydrogens (primary N) is 1. The number of rotatable bonds is 5. The summed E-state index contributed by atoms with van der Waals surface area (Å²) in [5.41, 5.74) is 5.34. The van der Waals surface area contributed by atoms with E-state index in [1.54, 1.807) is 30.3 Å². The summed E-state index contributed by atoms with van der Waals surface area (Å²) in [6.07, 6.45) is 1.53. The minimum absolute atomic E-state index is 0.207. The quantitative estimate of drug-likeness (QED) is 0.840. The normalized spacial score (nSPS) is 10.1. The Morgan fingerprint density at radius 2 is 1.83 bits per heavy atom. The van der Waals surface area contributed by atoms with Crippen molar-refractivity contribution in [1.29, 1.82) is 0 Å². The van der Waals surface area contributed by atoms with Crippen LogP contribution in [0.25, 0.3) is 0 Å². The Morgan fingerprint density at radius 1 is 1.11 bits per heavy atom. The van der Waals surface area contributed by atoms with E-state index < -0.39 is 0 Å². The third kappa shape index (κ3) is 3.58. The molecule has 0 aliphatic carbocycles. The third-order valence-corrected chi connectivity index (χ3v) is 2.23. The monoisotopic (exact) mass is 265 g/mol. The van der Waals surface area contributed by atoms with Crippen molar-refractivity contribution in [2.45, 2.75) is 0 Å². The molecule has 1 heterocycles. The lowest BCUT2D eigenvalue weighted by atomic mass is 10.3. The topological polar surface area (TPSA) is 70.3 Å². The molecule has 0 atom stereocenters. The van der Waals surface area contributed by atoms with E-state index in [1.807, 2.05) is 0 Å². The summed E-state index contributed by atoms with van der Waals surface area (Å²) < 4.78 is 10.8. The van der Waals surface area contributed by atoms with Gasteiger partial charge in [-0.05, 0) is 30.3 Å². The third-order valence-electron chi connectivity index (χ3n) is 2.02. The summed E-state index contributed by atoms with van der Waals surface area (Å²) in [6.45, 7) is 0.964. The van der Waals surface area contributed by atoms with Crippen molar-refractivity contribution >= 4 is 11.6 Å². The molecule has 0 unspecified atom stereocenters. The largest absolute Gasteiger partial charge is 0.492 e. The van der Waals surface area contributed by atoms with Crippen molar-refractivity contribution in [3.05, 3.63) is 41.7 Å². The first kappa shape index (κ1) is 12.6. The maximum atomic E-state index is 5.73. The van der Waals surface area contributed by atoms with Crippen molar-refractivity contribution in [1.82, 2.24) is 9.97 Å². The van der Waals surface area contributed by atoms with Crippen LogP contribution in [0.1, 0.15) is 0 Å². The number of nitrogens with zero attached hydrogens (tertiary/aromatic N) is 2. The van der Waals surface area contributed by atoms with E-state index in [4.69, 9.17) is 26.8 Å². The standard InChI is InChI=1S/C12H12ClN3O2/c13-11-5-7-15-12(16-11)18-10-3-1-9(2-4-10)17-8-6-14/h1-5,7H,6,8,14H2. The van der Waals surface area contributed by atoms with Gasteiger partial charge in [-0.2, -0.15) is 4.98 Å². The van der Waals surface area contributed by atoms with Crippen LogP contribution in [0.5, 0.6) is 17.5 Å². The highest BCUT2D eigenvalue weighted by Crippen LogP contribution is 2.21. The van der Waals surface area contributed by atoms with Gasteiger partial charge in [-0.3, -0.25) is 0 Å². The van der Waals surface area contributed by atoms with Crippen LogP contribution in [0.4, 0.5) is 0 Å². The Balaban J connectivity index is 2.02. The first-order valence-corrected chi connectivity index (χ1v) is 5.75. The average molecular weight is 266 g/mol. The van der Waals surface area contributed by atoms with Crippen molar-refractivity contribution < 1.29 is 9.47 Å². The summed E-state index contributed by atoms with van der Waals surface area (Å²) in [4.78, 5) is 7.87. The van der Waals surface area contributed by atoms with Gasteiger partial charge in [0, 0.05) is 12.7 Å². The van der Waals surface area contributed by atoms with Gasteiger partial charge in [-0.15, -0.1) is 0 Å². The zero-order chi connectivity index (χ0) is 12.8. The van der Waals surface area contributed by atoms with Gasteiger partial charge in [0.1, 0.15) is 23.3 Å². The van der Waals surface area contributed by atoms with E-state index in [-0.39, 0.29) is 6.01 Å². The van der Waals surface area contributed by atoms with Crippen LogP contribution in [0.15, 0.2) is 36.5 Å². The minimum atomic E-state index is 0.207. The molecule has 94 valence electrons. The highest BCUT2D eigenvalue weighted by Gasteiger charge is 2.01. The number of benzene rings is 1. The number of aromatic nitrogens is 2. The highest BCUT2D eigenvalue weighted by molar-refractivity contribution is 6.29. The van der Waals surface area contributed by atoms with Gasteiger partial charge in [0.15, 0.2) is 0 Å². The van der Waals surface area contributed by atoms with Gasteiger partial charge in [-0.25, -0.2) is 4.98 Å². The highest BCUT2D eigenvalue weighted by atomic mass is 35.5. The number of ether oxygens (including phenoxy) is 2. The van der Waals surface area contributed by atoms with Crippen LogP contribution in [0.3, 0.4) is 0 Å². The van der Waals surface area contributed by atoms with E-state index in [9.17, 15) is 0 Å². The van der Waals surface area contributed by atoms with E-state index >= 15 is 0 Å². The van der Waals surface area contributed by atoms with Gasteiger partial charge >= 0.3 is 6.01 Å². The molecule has 0 saturated heterocycles. The van der Waals surface area contributed by atoms with Crippen molar-refractivity contribution in [2.75, 3.05) is 13.2 Å². The van der Waals surface area contributed by atoms with E-state index in [0.717, 1.165) is 5.75 Å². The second kappa shape index (κ2) is 6.18. The number of hydrogen-bond donors (Lipinski definition) is 1. The maximum Gasteiger partial charge on any atom is 0.323 e. The second-order valence-electron chi connectivity index (χ2n) is 3.37. The molecule has 5 nitrogen and oxygen atoms in total. The van der Waals surface area contributed by atoms with Crippen LogP contribution < -0.4 is 15.2 Å². The van der Waals surface area contributed by atoms with E-state index in [1.165, 1.54) is 6.20 Å². The van der Waals surface area contributed by atoms with Crippen LogP contribution in [0.2, 0.25) is 5.15 Å². The van der Waals surface area contributed by atoms with Gasteiger partial charge < -0.3 is 15.2 Å². The molecular formula is C12H12ClN3O2. The van der Waals surface area contributed by atoms with Crippen LogP contribution in [0, 0.1) is 0 Å². The lowest BCUT2D eigenvalue weighted by molar-refractivity contribution is 0.327. The Kier molecular flexibility index (Phi) is 4.33. The molecule has 0 saturated carbocycles. The van der Waals surface area contributed by atoms with Crippen LogP contribution in [-0.2, 0) is 0 Å². The fraction of sp³-hybridized carbons (Fsp3) is 0.167. The molecule has 1 aromatic carbocycles. The van der Waals surface area contributed by atoms with E-state index in [2.05, 4.69) is 9.97 Å². The predicted octanol–water partition coefficient (Wildman–Crippen LogP) is 2.26. The summed E-state index contributed by atoms with van der Waals surface area (Å²) in [5, 5.41) is 0.336. The van der Waals surface area contributed by atoms with Crippen molar-refractivity contribution in [3.63, 3.8) is 0 Å². The molecule has 0 aliphatic heterocycles. The van der Waals surface area contributed by atoms with Gasteiger partial charge in [0.25, 0.3) is 0 Å². The summed E-state index contributed by atoms with van der Waals surface area (Å²) in [6, 6.07) is 8.88. The number of hydrogen-bond acceptors (Lipinski definition) is 5. The van der Waals surface area contributed by atoms with Crippen LogP contribution >= 0.6 is 11.6 Å². The Morgan fingerprint density at radius 3 is 2.50 bits per heavy atom. The summed E-state index contributed by atoms with van der Waals surface area (Å²) in [5.74, 6) is 1.34. The molecular weight excluding hydrogens is 254 g/mol. The predicted molar refractivity (Wildman–Crippen MR) is 68.1 cm³/mol. The molecule has 0 aliphatic rings. The molecule has 0 spiro atoms. The van der Waals surface area contributed by atoms with Crippen molar-refractivity contribution in [3.8, 4) is 17.5 Å². The maximum absolute atomic E-state index is 5.73. The molecule has 2 aromatic rings. The summed E-state index contributed by atoms with van der Waals surface area (Å²) >= 11 is 5.73. The Labute approximate surface area is 110 Å². The van der Waals surface area contributed by atoms with Gasteiger partial charge in [0.2, 0.25) is 0 Å². The molecule has 18 heavy (non-hydrogen) atoms. The second-order valence-corrected chi connectivity index (χ2v) is 3.76. The van der Waals surface area contributed by atoms with E-state index in [0.29, 0.717) is 24.1 Å². The molecule has 0 bridgehead atoms. The Bertz CT molecular complexity index is 505. The number of halogens is 1. The molecule has 0 amide bonds. The lowest BCUT2D eigenvalue weighted by Crippen LogP contribution is -2.10. The smallest absolute Gasteiger partial charge is 0.323 e. The SMILES string of the molecule is NCCOc1ccc(Oc2nccc(Cl)n2)cc1. The average Bonchev–Trinajstić information content (AvgIpc) is 2.38. The molecule has 0 fully saturated rings. The fourth-order valence-corrected chi connectivity index (χ4v) is 1.38. The molecule has 2 N–H and O–H groups in total. The Hall–Kier alpha value is -1.85. The summed E-state index contributed by atoms with van der Waals surface area (Å²) in [7, 11) is 0. The first-order chi connectivity index (χ1) is 8.78. The van der Waals surface area contributed by atoms with Crippen LogP contribution in [-0.4, -0.2) is 23.1 Å². The fourth-order valence-electron chi connectivity index (χ4n) is 1.26. The minimum Gasteiger partial charge on any atom is -0.492 e. The molecule has 2 rings (SSSR count). The molecule has 6 heteroatoms. The zero-order valence-corrected chi connectivity index (χ0v) is 10.3. The van der Waals surface area contributed by atoms with Gasteiger partial charge in [0.05, 0.1) is 0 Å². The van der Waals surface area contributed by atoms with Crippen molar-refractivity contribution in [2.24, 2.45) is 5.73 Å².